The van der Waals surface area contributed by atoms with Crippen LogP contribution in [0.25, 0.3) is 11.0 Å². The van der Waals surface area contributed by atoms with Crippen LogP contribution >= 0.6 is 0 Å². The first kappa shape index (κ1) is 10.3. The number of H-pyrrole nitrogens is 1. The summed E-state index contributed by atoms with van der Waals surface area (Å²) >= 11 is 0. The molecule has 0 radical (unpaired) electrons. The Hall–Kier alpha value is -1.88. The van der Waals surface area contributed by atoms with Gasteiger partial charge in [0.25, 0.3) is 0 Å². The third kappa shape index (κ3) is 2.14. The van der Waals surface area contributed by atoms with Crippen LogP contribution in [-0.4, -0.2) is 29.0 Å². The fourth-order valence-corrected chi connectivity index (χ4v) is 1.95. The Balaban J connectivity index is 1.69. The first-order chi connectivity index (χ1) is 8.31. The van der Waals surface area contributed by atoms with E-state index in [-0.39, 0.29) is 5.91 Å². The Kier molecular flexibility index (Phi) is 2.53. The summed E-state index contributed by atoms with van der Waals surface area (Å²) in [5.74, 6) is 1.03. The smallest absolute Gasteiger partial charge is 0.227 e. The van der Waals surface area contributed by atoms with Gasteiger partial charge in [0.05, 0.1) is 11.0 Å². The van der Waals surface area contributed by atoms with Gasteiger partial charge in [0.1, 0.15) is 0 Å². The summed E-state index contributed by atoms with van der Waals surface area (Å²) in [6.07, 6.45) is 0.560. The predicted octanol–water partition coefficient (Wildman–Crippen LogP) is 1.11. The van der Waals surface area contributed by atoms with Gasteiger partial charge in [-0.05, 0) is 31.1 Å². The Morgan fingerprint density at radius 2 is 2.24 bits per heavy atom. The molecule has 0 spiro atoms. The number of nitrogens with one attached hydrogen (secondary N) is 3. The molecule has 3 N–H and O–H groups in total. The van der Waals surface area contributed by atoms with Gasteiger partial charge in [-0.3, -0.25) is 10.1 Å². The summed E-state index contributed by atoms with van der Waals surface area (Å²) in [6.45, 7) is 1.88. The molecule has 17 heavy (non-hydrogen) atoms. The first-order valence-electron chi connectivity index (χ1n) is 5.76. The van der Waals surface area contributed by atoms with E-state index >= 15 is 0 Å². The Bertz CT molecular complexity index is 511. The van der Waals surface area contributed by atoms with E-state index in [0.717, 1.165) is 24.1 Å². The number of amides is 1. The summed E-state index contributed by atoms with van der Waals surface area (Å²) in [5, 5.41) is 5.95. The largest absolute Gasteiger partial charge is 0.324 e. The van der Waals surface area contributed by atoms with Crippen molar-refractivity contribution in [2.75, 3.05) is 18.4 Å². The van der Waals surface area contributed by atoms with Gasteiger partial charge in [-0.25, -0.2) is 4.98 Å². The first-order valence-corrected chi connectivity index (χ1v) is 5.76. The molecule has 1 amide bonds. The molecule has 0 bridgehead atoms. The van der Waals surface area contributed by atoms with Crippen LogP contribution in [0.4, 0.5) is 5.95 Å². The van der Waals surface area contributed by atoms with E-state index < -0.39 is 0 Å². The second kappa shape index (κ2) is 4.18. The molecule has 1 aliphatic heterocycles. The molecule has 1 fully saturated rings. The molecule has 1 aromatic carbocycles. The number of hydrogen-bond acceptors (Lipinski definition) is 3. The number of para-hydroxylation sites is 2. The standard InChI is InChI=1S/C12H14N4O/c17-11(5-8-6-13-7-8)16-12-14-9-3-1-2-4-10(9)15-12/h1-4,8,13H,5-7H2,(H2,14,15,16,17). The monoisotopic (exact) mass is 230 g/mol. The number of anilines is 1. The third-order valence-electron chi connectivity index (χ3n) is 2.99. The summed E-state index contributed by atoms with van der Waals surface area (Å²) in [7, 11) is 0. The lowest BCUT2D eigenvalue weighted by Gasteiger charge is -2.26. The van der Waals surface area contributed by atoms with Gasteiger partial charge in [0.15, 0.2) is 0 Å². The second-order valence-electron chi connectivity index (χ2n) is 4.38. The van der Waals surface area contributed by atoms with Gasteiger partial charge in [0, 0.05) is 6.42 Å². The summed E-state index contributed by atoms with van der Waals surface area (Å²) in [6, 6.07) is 7.71. The molecule has 3 rings (SSSR count). The van der Waals surface area contributed by atoms with E-state index in [9.17, 15) is 4.79 Å². The zero-order valence-corrected chi connectivity index (χ0v) is 9.36. The highest BCUT2D eigenvalue weighted by atomic mass is 16.1. The fraction of sp³-hybridized carbons (Fsp3) is 0.333. The SMILES string of the molecule is O=C(CC1CNC1)Nc1nc2ccccc2[nH]1. The summed E-state index contributed by atoms with van der Waals surface area (Å²) in [4.78, 5) is 19.1. The number of fused-ring (bicyclic) bond motifs is 1. The minimum absolute atomic E-state index is 0.0237. The van der Waals surface area contributed by atoms with Crippen molar-refractivity contribution in [3.05, 3.63) is 24.3 Å². The van der Waals surface area contributed by atoms with Crippen molar-refractivity contribution in [1.29, 1.82) is 0 Å². The van der Waals surface area contributed by atoms with Crippen LogP contribution in [0.15, 0.2) is 24.3 Å². The van der Waals surface area contributed by atoms with Gasteiger partial charge in [-0.1, -0.05) is 12.1 Å². The number of carbonyl (C=O) groups is 1. The summed E-state index contributed by atoms with van der Waals surface area (Å²) < 4.78 is 0. The minimum Gasteiger partial charge on any atom is -0.324 e. The van der Waals surface area contributed by atoms with Crippen molar-refractivity contribution in [3.8, 4) is 0 Å². The molecule has 0 atom stereocenters. The predicted molar refractivity (Wildman–Crippen MR) is 65.7 cm³/mol. The third-order valence-corrected chi connectivity index (χ3v) is 2.99. The second-order valence-corrected chi connectivity index (χ2v) is 4.38. The van der Waals surface area contributed by atoms with Gasteiger partial charge in [-0.2, -0.15) is 0 Å². The van der Waals surface area contributed by atoms with Crippen molar-refractivity contribution < 1.29 is 4.79 Å². The van der Waals surface area contributed by atoms with Crippen LogP contribution in [-0.2, 0) is 4.79 Å². The van der Waals surface area contributed by atoms with Crippen LogP contribution in [0.5, 0.6) is 0 Å². The number of hydrogen-bond donors (Lipinski definition) is 3. The van der Waals surface area contributed by atoms with Crippen LogP contribution in [0.1, 0.15) is 6.42 Å². The van der Waals surface area contributed by atoms with Crippen molar-refractivity contribution >= 4 is 22.9 Å². The molecule has 1 saturated heterocycles. The maximum Gasteiger partial charge on any atom is 0.227 e. The highest BCUT2D eigenvalue weighted by Crippen LogP contribution is 2.14. The van der Waals surface area contributed by atoms with Gasteiger partial charge >= 0.3 is 0 Å². The summed E-state index contributed by atoms with van der Waals surface area (Å²) in [5.41, 5.74) is 1.81. The molecular weight excluding hydrogens is 216 g/mol. The lowest BCUT2D eigenvalue weighted by molar-refractivity contribution is -0.117. The van der Waals surface area contributed by atoms with Crippen molar-refractivity contribution in [2.45, 2.75) is 6.42 Å². The van der Waals surface area contributed by atoms with Crippen LogP contribution < -0.4 is 10.6 Å². The average molecular weight is 230 g/mol. The Morgan fingerprint density at radius 1 is 1.41 bits per heavy atom. The van der Waals surface area contributed by atoms with E-state index in [1.807, 2.05) is 24.3 Å². The van der Waals surface area contributed by atoms with E-state index in [1.54, 1.807) is 0 Å². The molecule has 0 unspecified atom stereocenters. The normalized spacial score (nSPS) is 15.8. The van der Waals surface area contributed by atoms with Crippen molar-refractivity contribution in [3.63, 3.8) is 0 Å². The Morgan fingerprint density at radius 3 is 2.94 bits per heavy atom. The number of carbonyl (C=O) groups excluding carboxylic acids is 1. The van der Waals surface area contributed by atoms with E-state index in [2.05, 4.69) is 20.6 Å². The van der Waals surface area contributed by atoms with Gasteiger partial charge in [0.2, 0.25) is 11.9 Å². The van der Waals surface area contributed by atoms with Crippen molar-refractivity contribution in [1.82, 2.24) is 15.3 Å². The van der Waals surface area contributed by atoms with E-state index in [0.29, 0.717) is 18.3 Å². The molecule has 2 heterocycles. The molecule has 1 aliphatic rings. The average Bonchev–Trinajstić information content (AvgIpc) is 2.65. The highest BCUT2D eigenvalue weighted by Gasteiger charge is 2.20. The number of rotatable bonds is 3. The molecular formula is C12H14N4O. The van der Waals surface area contributed by atoms with Gasteiger partial charge in [-0.15, -0.1) is 0 Å². The van der Waals surface area contributed by atoms with Crippen LogP contribution in [0.3, 0.4) is 0 Å². The van der Waals surface area contributed by atoms with Crippen LogP contribution in [0.2, 0.25) is 0 Å². The maximum absolute atomic E-state index is 11.7. The maximum atomic E-state index is 11.7. The topological polar surface area (TPSA) is 69.8 Å². The fourth-order valence-electron chi connectivity index (χ4n) is 1.95. The van der Waals surface area contributed by atoms with Gasteiger partial charge < -0.3 is 10.3 Å². The minimum atomic E-state index is 0.0237. The number of aromatic amines is 1. The van der Waals surface area contributed by atoms with E-state index in [4.69, 9.17) is 0 Å². The zero-order valence-electron chi connectivity index (χ0n) is 9.36. The molecule has 5 heteroatoms. The molecule has 0 saturated carbocycles. The number of aromatic nitrogens is 2. The highest BCUT2D eigenvalue weighted by molar-refractivity contribution is 5.91. The van der Waals surface area contributed by atoms with Crippen molar-refractivity contribution in [2.24, 2.45) is 5.92 Å². The van der Waals surface area contributed by atoms with Crippen LogP contribution in [0, 0.1) is 5.92 Å². The molecule has 2 aromatic rings. The Labute approximate surface area is 98.6 Å². The molecule has 1 aromatic heterocycles. The zero-order chi connectivity index (χ0) is 11.7. The lowest BCUT2D eigenvalue weighted by atomic mass is 9.99. The quantitative estimate of drug-likeness (QED) is 0.739. The molecule has 0 aliphatic carbocycles. The lowest BCUT2D eigenvalue weighted by Crippen LogP contribution is -2.43. The molecule has 88 valence electrons. The number of nitrogens with zero attached hydrogens (tertiary/aromatic N) is 1. The van der Waals surface area contributed by atoms with E-state index in [1.165, 1.54) is 0 Å². The number of imidazole rings is 1. The molecule has 5 nitrogen and oxygen atoms in total. The number of benzene rings is 1.